The molecule has 0 aliphatic rings. The molecule has 0 aromatic carbocycles. The first-order valence-corrected chi connectivity index (χ1v) is 4.55. The minimum atomic E-state index is 0.527. The van der Waals surface area contributed by atoms with Crippen LogP contribution in [0.2, 0.25) is 0 Å². The molecule has 0 spiro atoms. The van der Waals surface area contributed by atoms with Crippen molar-refractivity contribution in [2.45, 2.75) is 20.8 Å². The highest BCUT2D eigenvalue weighted by atomic mass is 16.1. The largest absolute Gasteiger partial charge is 0.301 e. The number of aromatic nitrogens is 2. The van der Waals surface area contributed by atoms with Crippen molar-refractivity contribution >= 4 is 11.9 Å². The van der Waals surface area contributed by atoms with Crippen LogP contribution in [-0.2, 0) is 0 Å². The van der Waals surface area contributed by atoms with Crippen molar-refractivity contribution in [3.8, 4) is 0 Å². The minimum absolute atomic E-state index is 0.527. The molecule has 72 valence electrons. The summed E-state index contributed by atoms with van der Waals surface area (Å²) in [6.07, 6.45) is 0.803. The molecule has 14 heavy (non-hydrogen) atoms. The van der Waals surface area contributed by atoms with Gasteiger partial charge in [0.25, 0.3) is 0 Å². The van der Waals surface area contributed by atoms with Crippen molar-refractivity contribution in [2.75, 3.05) is 0 Å². The molecule has 2 aromatic rings. The molecule has 0 unspecified atom stereocenters. The van der Waals surface area contributed by atoms with Crippen molar-refractivity contribution in [1.82, 2.24) is 9.38 Å². The molecule has 0 bridgehead atoms. The van der Waals surface area contributed by atoms with Crippen LogP contribution in [0.25, 0.3) is 5.65 Å². The molecule has 0 saturated heterocycles. The zero-order valence-electron chi connectivity index (χ0n) is 8.53. The van der Waals surface area contributed by atoms with E-state index in [4.69, 9.17) is 0 Å². The number of imidazole rings is 1. The number of pyridine rings is 1. The van der Waals surface area contributed by atoms with Gasteiger partial charge in [-0.15, -0.1) is 0 Å². The van der Waals surface area contributed by atoms with E-state index in [-0.39, 0.29) is 0 Å². The Kier molecular flexibility index (Phi) is 1.88. The summed E-state index contributed by atoms with van der Waals surface area (Å²) in [4.78, 5) is 15.0. The van der Waals surface area contributed by atoms with Crippen LogP contribution in [0.1, 0.15) is 27.4 Å². The van der Waals surface area contributed by atoms with Crippen LogP contribution in [0.5, 0.6) is 0 Å². The van der Waals surface area contributed by atoms with Gasteiger partial charge in [0.15, 0.2) is 6.29 Å². The van der Waals surface area contributed by atoms with E-state index in [1.54, 1.807) is 0 Å². The Balaban J connectivity index is 2.92. The maximum atomic E-state index is 10.7. The highest BCUT2D eigenvalue weighted by Gasteiger charge is 2.08. The summed E-state index contributed by atoms with van der Waals surface area (Å²) >= 11 is 0. The fraction of sp³-hybridized carbons (Fsp3) is 0.273. The van der Waals surface area contributed by atoms with E-state index in [2.05, 4.69) is 11.1 Å². The summed E-state index contributed by atoms with van der Waals surface area (Å²) in [5.74, 6) is 0. The van der Waals surface area contributed by atoms with Gasteiger partial charge >= 0.3 is 0 Å². The lowest BCUT2D eigenvalue weighted by atomic mass is 10.2. The second-order valence-corrected chi connectivity index (χ2v) is 3.57. The first-order chi connectivity index (χ1) is 6.63. The summed E-state index contributed by atoms with van der Waals surface area (Å²) in [6.45, 7) is 5.95. The standard InChI is InChI=1S/C11H12N2O/c1-7-4-8(2)13-9(3)10(6-14)12-11(13)5-7/h4-6H,1-3H3. The molecule has 3 heteroatoms. The van der Waals surface area contributed by atoms with Crippen LogP contribution in [-0.4, -0.2) is 15.7 Å². The second-order valence-electron chi connectivity index (χ2n) is 3.57. The predicted molar refractivity (Wildman–Crippen MR) is 54.8 cm³/mol. The molecule has 0 amide bonds. The number of hydrogen-bond acceptors (Lipinski definition) is 2. The normalized spacial score (nSPS) is 10.8. The highest BCUT2D eigenvalue weighted by molar-refractivity contribution is 5.75. The Labute approximate surface area is 82.4 Å². The van der Waals surface area contributed by atoms with Crippen molar-refractivity contribution in [1.29, 1.82) is 0 Å². The van der Waals surface area contributed by atoms with Crippen molar-refractivity contribution in [2.24, 2.45) is 0 Å². The van der Waals surface area contributed by atoms with E-state index in [1.165, 1.54) is 0 Å². The second kappa shape index (κ2) is 2.94. The average Bonchev–Trinajstić information content (AvgIpc) is 2.42. The third kappa shape index (κ3) is 1.13. The zero-order valence-corrected chi connectivity index (χ0v) is 8.53. The molecule has 2 aromatic heterocycles. The van der Waals surface area contributed by atoms with Crippen LogP contribution < -0.4 is 0 Å². The van der Waals surface area contributed by atoms with E-state index in [0.29, 0.717) is 5.69 Å². The Bertz CT molecular complexity index is 511. The molecule has 0 atom stereocenters. The number of hydrogen-bond donors (Lipinski definition) is 0. The van der Waals surface area contributed by atoms with Crippen molar-refractivity contribution in [3.05, 3.63) is 34.8 Å². The number of fused-ring (bicyclic) bond motifs is 1. The van der Waals surface area contributed by atoms with Gasteiger partial charge in [0, 0.05) is 5.69 Å². The quantitative estimate of drug-likeness (QED) is 0.642. The summed E-state index contributed by atoms with van der Waals surface area (Å²) in [5, 5.41) is 0. The van der Waals surface area contributed by atoms with E-state index >= 15 is 0 Å². The fourth-order valence-electron chi connectivity index (χ4n) is 1.83. The fourth-order valence-corrected chi connectivity index (χ4v) is 1.83. The lowest BCUT2D eigenvalue weighted by Gasteiger charge is -2.03. The number of rotatable bonds is 1. The topological polar surface area (TPSA) is 34.4 Å². The van der Waals surface area contributed by atoms with Gasteiger partial charge in [0.2, 0.25) is 0 Å². The summed E-state index contributed by atoms with van der Waals surface area (Å²) in [7, 11) is 0. The van der Waals surface area contributed by atoms with Gasteiger partial charge in [-0.25, -0.2) is 4.98 Å². The number of carbonyl (C=O) groups is 1. The number of aryl methyl sites for hydroxylation is 3. The first-order valence-electron chi connectivity index (χ1n) is 4.55. The van der Waals surface area contributed by atoms with Gasteiger partial charge in [0.05, 0.1) is 5.69 Å². The lowest BCUT2D eigenvalue weighted by molar-refractivity contribution is 0.111. The Hall–Kier alpha value is -1.64. The molecule has 0 aliphatic heterocycles. The Morgan fingerprint density at radius 3 is 2.64 bits per heavy atom. The van der Waals surface area contributed by atoms with Gasteiger partial charge in [0.1, 0.15) is 11.3 Å². The van der Waals surface area contributed by atoms with E-state index in [9.17, 15) is 4.79 Å². The minimum Gasteiger partial charge on any atom is -0.301 e. The molecule has 0 fully saturated rings. The summed E-state index contributed by atoms with van der Waals surface area (Å²) < 4.78 is 2.00. The van der Waals surface area contributed by atoms with Gasteiger partial charge < -0.3 is 4.40 Å². The van der Waals surface area contributed by atoms with Crippen LogP contribution in [0.4, 0.5) is 0 Å². The number of carbonyl (C=O) groups excluding carboxylic acids is 1. The summed E-state index contributed by atoms with van der Waals surface area (Å²) in [6, 6.07) is 4.06. The summed E-state index contributed by atoms with van der Waals surface area (Å²) in [5.41, 5.74) is 4.56. The van der Waals surface area contributed by atoms with Gasteiger partial charge in [-0.3, -0.25) is 4.79 Å². The van der Waals surface area contributed by atoms with E-state index in [1.807, 2.05) is 31.2 Å². The molecule has 3 nitrogen and oxygen atoms in total. The van der Waals surface area contributed by atoms with Crippen LogP contribution in [0, 0.1) is 20.8 Å². The first kappa shape index (κ1) is 8.94. The molecular formula is C11H12N2O. The smallest absolute Gasteiger partial charge is 0.170 e. The van der Waals surface area contributed by atoms with E-state index < -0.39 is 0 Å². The lowest BCUT2D eigenvalue weighted by Crippen LogP contribution is -1.94. The third-order valence-electron chi connectivity index (χ3n) is 2.43. The van der Waals surface area contributed by atoms with Gasteiger partial charge in [-0.2, -0.15) is 0 Å². The van der Waals surface area contributed by atoms with Crippen LogP contribution in [0.3, 0.4) is 0 Å². The average molecular weight is 188 g/mol. The monoisotopic (exact) mass is 188 g/mol. The maximum absolute atomic E-state index is 10.7. The molecule has 0 saturated carbocycles. The number of aldehydes is 1. The van der Waals surface area contributed by atoms with Gasteiger partial charge in [-0.1, -0.05) is 0 Å². The van der Waals surface area contributed by atoms with Crippen molar-refractivity contribution in [3.63, 3.8) is 0 Å². The molecular weight excluding hydrogens is 176 g/mol. The molecule has 0 aliphatic carbocycles. The molecule has 0 radical (unpaired) electrons. The highest BCUT2D eigenvalue weighted by Crippen LogP contribution is 2.15. The van der Waals surface area contributed by atoms with E-state index in [0.717, 1.165) is 28.9 Å². The Morgan fingerprint density at radius 2 is 2.00 bits per heavy atom. The van der Waals surface area contributed by atoms with Crippen LogP contribution in [0.15, 0.2) is 12.1 Å². The van der Waals surface area contributed by atoms with Gasteiger partial charge in [-0.05, 0) is 38.5 Å². The third-order valence-corrected chi connectivity index (χ3v) is 2.43. The molecule has 2 rings (SSSR count). The van der Waals surface area contributed by atoms with Crippen LogP contribution >= 0.6 is 0 Å². The molecule has 2 heterocycles. The predicted octanol–water partition coefficient (Wildman–Crippen LogP) is 2.07. The SMILES string of the molecule is Cc1cc(C)n2c(C)c(C=O)nc2c1. The zero-order chi connectivity index (χ0) is 10.3. The number of nitrogens with zero attached hydrogens (tertiary/aromatic N) is 2. The Morgan fingerprint density at radius 1 is 1.29 bits per heavy atom. The molecule has 0 N–H and O–H groups in total. The maximum Gasteiger partial charge on any atom is 0.170 e. The van der Waals surface area contributed by atoms with Crippen molar-refractivity contribution < 1.29 is 4.79 Å².